The lowest BCUT2D eigenvalue weighted by Crippen LogP contribution is -2.30. The number of aliphatic hydroxyl groups excluding tert-OH is 1. The number of carboxylic acid groups (broad SMARTS) is 1. The summed E-state index contributed by atoms with van der Waals surface area (Å²) in [6, 6.07) is 13.1. The Morgan fingerprint density at radius 3 is 2.47 bits per heavy atom. The fraction of sp³-hybridized carbons (Fsp3) is 0.192. The highest BCUT2D eigenvalue weighted by Crippen LogP contribution is 2.37. The molecule has 10 heteroatoms. The van der Waals surface area contributed by atoms with E-state index >= 15 is 0 Å². The van der Waals surface area contributed by atoms with E-state index in [0.717, 1.165) is 12.2 Å². The number of pyridine rings is 1. The number of hydrogen-bond donors (Lipinski definition) is 2. The van der Waals surface area contributed by atoms with Gasteiger partial charge in [0.2, 0.25) is 5.88 Å². The van der Waals surface area contributed by atoms with E-state index in [2.05, 4.69) is 4.98 Å². The first kappa shape index (κ1) is 26.5. The van der Waals surface area contributed by atoms with Crippen LogP contribution in [0.5, 0.6) is 17.4 Å². The third kappa shape index (κ3) is 6.12. The Labute approximate surface area is 213 Å². The SMILES string of the molecule is COc1ccc(CN(C(=O)C=CC(=O)O)c2ccc(Cl)cc2C(O)c2cccnc2OC)c(OC)c1. The first-order valence-corrected chi connectivity index (χ1v) is 11.1. The lowest BCUT2D eigenvalue weighted by atomic mass is 9.99. The van der Waals surface area contributed by atoms with Crippen LogP contribution in [0.15, 0.2) is 66.9 Å². The number of rotatable bonds is 10. The van der Waals surface area contributed by atoms with Crippen molar-refractivity contribution < 1.29 is 34.0 Å². The number of amides is 1. The van der Waals surface area contributed by atoms with E-state index in [1.165, 1.54) is 38.5 Å². The largest absolute Gasteiger partial charge is 0.497 e. The van der Waals surface area contributed by atoms with Crippen LogP contribution < -0.4 is 19.1 Å². The van der Waals surface area contributed by atoms with Gasteiger partial charge in [0, 0.05) is 46.1 Å². The van der Waals surface area contributed by atoms with Crippen molar-refractivity contribution in [2.45, 2.75) is 12.6 Å². The predicted octanol–water partition coefficient (Wildman–Crippen LogP) is 4.02. The smallest absolute Gasteiger partial charge is 0.328 e. The van der Waals surface area contributed by atoms with Gasteiger partial charge in [-0.05, 0) is 42.5 Å². The maximum absolute atomic E-state index is 13.3. The molecule has 1 aromatic heterocycles. The summed E-state index contributed by atoms with van der Waals surface area (Å²) in [6.45, 7) is -0.0124. The molecule has 1 unspecified atom stereocenters. The summed E-state index contributed by atoms with van der Waals surface area (Å²) in [5, 5.41) is 20.7. The maximum atomic E-state index is 13.3. The lowest BCUT2D eigenvalue weighted by molar-refractivity contribution is -0.131. The summed E-state index contributed by atoms with van der Waals surface area (Å²) in [7, 11) is 4.44. The molecule has 2 aromatic carbocycles. The molecule has 188 valence electrons. The van der Waals surface area contributed by atoms with E-state index in [0.29, 0.717) is 38.9 Å². The van der Waals surface area contributed by atoms with Gasteiger partial charge >= 0.3 is 5.97 Å². The van der Waals surface area contributed by atoms with Gasteiger partial charge in [-0.15, -0.1) is 0 Å². The summed E-state index contributed by atoms with van der Waals surface area (Å²) in [5.41, 5.74) is 1.57. The molecule has 0 saturated carbocycles. The molecule has 1 atom stereocenters. The minimum atomic E-state index is -1.28. The number of carbonyl (C=O) groups excluding carboxylic acids is 1. The van der Waals surface area contributed by atoms with Crippen LogP contribution >= 0.6 is 11.6 Å². The number of methoxy groups -OCH3 is 3. The Bertz CT molecular complexity index is 1280. The van der Waals surface area contributed by atoms with Crippen molar-refractivity contribution in [3.8, 4) is 17.4 Å². The minimum Gasteiger partial charge on any atom is -0.497 e. The summed E-state index contributed by atoms with van der Waals surface area (Å²) in [5.74, 6) is -0.688. The molecule has 1 amide bonds. The number of benzene rings is 2. The molecule has 1 heterocycles. The highest BCUT2D eigenvalue weighted by atomic mass is 35.5. The maximum Gasteiger partial charge on any atom is 0.328 e. The number of carbonyl (C=O) groups is 2. The molecule has 0 aliphatic carbocycles. The Morgan fingerprint density at radius 1 is 1.03 bits per heavy atom. The van der Waals surface area contributed by atoms with Crippen LogP contribution in [-0.2, 0) is 16.1 Å². The van der Waals surface area contributed by atoms with Crippen molar-refractivity contribution in [1.82, 2.24) is 4.98 Å². The molecular weight excluding hydrogens is 488 g/mol. The van der Waals surface area contributed by atoms with Crippen LogP contribution in [0.4, 0.5) is 5.69 Å². The Kier molecular flexibility index (Phi) is 8.88. The summed E-state index contributed by atoms with van der Waals surface area (Å²) in [6.07, 6.45) is 1.94. The monoisotopic (exact) mass is 512 g/mol. The molecule has 3 rings (SSSR count). The van der Waals surface area contributed by atoms with E-state index in [4.69, 9.17) is 30.9 Å². The van der Waals surface area contributed by atoms with Crippen molar-refractivity contribution >= 4 is 29.2 Å². The van der Waals surface area contributed by atoms with E-state index in [1.54, 1.807) is 42.5 Å². The topological polar surface area (TPSA) is 118 Å². The van der Waals surface area contributed by atoms with Gasteiger partial charge < -0.3 is 29.3 Å². The first-order chi connectivity index (χ1) is 17.3. The number of aliphatic carboxylic acids is 1. The van der Waals surface area contributed by atoms with Crippen LogP contribution in [0.3, 0.4) is 0 Å². The average Bonchev–Trinajstić information content (AvgIpc) is 2.90. The van der Waals surface area contributed by atoms with E-state index in [-0.39, 0.29) is 12.4 Å². The molecular formula is C26H25ClN2O7. The van der Waals surface area contributed by atoms with Crippen LogP contribution in [0.2, 0.25) is 5.02 Å². The van der Waals surface area contributed by atoms with Crippen molar-refractivity contribution in [1.29, 1.82) is 0 Å². The van der Waals surface area contributed by atoms with Gasteiger partial charge in [-0.2, -0.15) is 0 Å². The number of nitrogens with zero attached hydrogens (tertiary/aromatic N) is 2. The van der Waals surface area contributed by atoms with Crippen molar-refractivity contribution in [2.75, 3.05) is 26.2 Å². The van der Waals surface area contributed by atoms with Crippen LogP contribution in [0.1, 0.15) is 22.8 Å². The molecule has 0 spiro atoms. The van der Waals surface area contributed by atoms with Crippen molar-refractivity contribution in [3.05, 3.63) is 88.6 Å². The second-order valence-electron chi connectivity index (χ2n) is 7.48. The second-order valence-corrected chi connectivity index (χ2v) is 7.92. The van der Waals surface area contributed by atoms with E-state index in [1.807, 2.05) is 0 Å². The molecule has 0 aliphatic heterocycles. The van der Waals surface area contributed by atoms with Crippen molar-refractivity contribution in [2.24, 2.45) is 0 Å². The van der Waals surface area contributed by atoms with Gasteiger partial charge in [-0.1, -0.05) is 11.6 Å². The normalized spacial score (nSPS) is 11.7. The highest BCUT2D eigenvalue weighted by Gasteiger charge is 2.26. The molecule has 0 aliphatic rings. The zero-order chi connectivity index (χ0) is 26.2. The average molecular weight is 513 g/mol. The molecule has 0 fully saturated rings. The minimum absolute atomic E-state index is 0.0124. The summed E-state index contributed by atoms with van der Waals surface area (Å²) in [4.78, 5) is 29.8. The van der Waals surface area contributed by atoms with Crippen molar-refractivity contribution in [3.63, 3.8) is 0 Å². The molecule has 0 radical (unpaired) electrons. The highest BCUT2D eigenvalue weighted by molar-refractivity contribution is 6.30. The van der Waals surface area contributed by atoms with Gasteiger partial charge in [0.1, 0.15) is 17.6 Å². The Morgan fingerprint density at radius 2 is 1.81 bits per heavy atom. The number of halogens is 1. The van der Waals surface area contributed by atoms with Crippen LogP contribution in [0, 0.1) is 0 Å². The number of ether oxygens (including phenoxy) is 3. The number of aromatic nitrogens is 1. The fourth-order valence-electron chi connectivity index (χ4n) is 3.61. The van der Waals surface area contributed by atoms with Gasteiger partial charge in [0.05, 0.1) is 33.6 Å². The molecule has 3 aromatic rings. The zero-order valence-corrected chi connectivity index (χ0v) is 20.6. The number of hydrogen-bond acceptors (Lipinski definition) is 7. The number of anilines is 1. The molecule has 0 bridgehead atoms. The van der Waals surface area contributed by atoms with Gasteiger partial charge in [0.15, 0.2) is 0 Å². The van der Waals surface area contributed by atoms with Gasteiger partial charge in [0.25, 0.3) is 5.91 Å². The third-order valence-corrected chi connectivity index (χ3v) is 5.56. The van der Waals surface area contributed by atoms with Crippen LogP contribution in [-0.4, -0.2) is 48.4 Å². The standard InChI is InChI=1S/C26H25ClN2O7/c1-34-18-8-6-16(22(14-18)35-2)15-29(23(30)10-11-24(31)32)21-9-7-17(27)13-20(21)25(33)19-5-4-12-28-26(19)36-3/h4-14,25,33H,15H2,1-3H3,(H,31,32). The van der Waals surface area contributed by atoms with Gasteiger partial charge in [-0.3, -0.25) is 4.79 Å². The quantitative estimate of drug-likeness (QED) is 0.391. The van der Waals surface area contributed by atoms with Crippen LogP contribution in [0.25, 0.3) is 0 Å². The second kappa shape index (κ2) is 12.1. The Balaban J connectivity index is 2.16. The van der Waals surface area contributed by atoms with E-state index < -0.39 is 18.0 Å². The molecule has 36 heavy (non-hydrogen) atoms. The molecule has 2 N–H and O–H groups in total. The fourth-order valence-corrected chi connectivity index (χ4v) is 3.79. The number of carboxylic acids is 1. The van der Waals surface area contributed by atoms with E-state index in [9.17, 15) is 14.7 Å². The number of aliphatic hydroxyl groups is 1. The predicted molar refractivity (Wildman–Crippen MR) is 134 cm³/mol. The summed E-state index contributed by atoms with van der Waals surface area (Å²) >= 11 is 6.26. The zero-order valence-electron chi connectivity index (χ0n) is 19.8. The third-order valence-electron chi connectivity index (χ3n) is 5.32. The lowest BCUT2D eigenvalue weighted by Gasteiger charge is -2.27. The molecule has 0 saturated heterocycles. The first-order valence-electron chi connectivity index (χ1n) is 10.7. The molecule has 9 nitrogen and oxygen atoms in total. The summed E-state index contributed by atoms with van der Waals surface area (Å²) < 4.78 is 16.0. The van der Waals surface area contributed by atoms with Gasteiger partial charge in [-0.25, -0.2) is 9.78 Å². The Hall–Kier alpha value is -4.08.